The first-order chi connectivity index (χ1) is 10.4. The summed E-state index contributed by atoms with van der Waals surface area (Å²) in [6.45, 7) is 2.96. The molecular weight excluding hydrogens is 287 g/mol. The molecule has 0 saturated carbocycles. The monoisotopic (exact) mass is 300 g/mol. The first-order valence-corrected chi connectivity index (χ1v) is 6.46. The topological polar surface area (TPSA) is 87.8 Å². The van der Waals surface area contributed by atoms with Crippen molar-refractivity contribution < 1.29 is 9.18 Å². The number of hydrogen-bond donors (Lipinski definition) is 1. The number of nitrogens with one attached hydrogen (secondary N) is 1. The number of rotatable bonds is 3. The molecule has 2 rings (SSSR count). The Hall–Kier alpha value is -3.01. The average molecular weight is 300 g/mol. The fraction of sp³-hybridized carbons (Fsp3) is 0.200. The molecule has 0 fully saturated rings. The number of halogens is 1. The van der Waals surface area contributed by atoms with E-state index in [0.717, 1.165) is 4.68 Å². The highest BCUT2D eigenvalue weighted by Crippen LogP contribution is 2.08. The van der Waals surface area contributed by atoms with Gasteiger partial charge in [-0.05, 0) is 43.7 Å². The minimum atomic E-state index is -0.611. The van der Waals surface area contributed by atoms with Crippen LogP contribution < -0.4 is 10.9 Å². The predicted octanol–water partition coefficient (Wildman–Crippen LogP) is 1.51. The van der Waals surface area contributed by atoms with Gasteiger partial charge in [-0.3, -0.25) is 9.59 Å². The van der Waals surface area contributed by atoms with Gasteiger partial charge >= 0.3 is 0 Å². The Bertz CT molecular complexity index is 819. The maximum Gasteiger partial charge on any atom is 0.285 e. The predicted molar refractivity (Wildman–Crippen MR) is 77.7 cm³/mol. The summed E-state index contributed by atoms with van der Waals surface area (Å²) < 4.78 is 13.7. The first-order valence-electron chi connectivity index (χ1n) is 6.46. The molecule has 0 saturated heterocycles. The van der Waals surface area contributed by atoms with E-state index < -0.39 is 17.3 Å². The molecule has 1 amide bonds. The summed E-state index contributed by atoms with van der Waals surface area (Å²) in [6, 6.07) is 7.07. The molecule has 1 N–H and O–H groups in total. The standard InChI is InChI=1S/C15H13FN4O2/c1-9-10(2)19-20(15(22)13(9)7-17)8-14(21)18-12-5-3-11(16)4-6-12/h3-6H,8H2,1-2H3,(H,18,21). The Balaban J connectivity index is 2.22. The zero-order chi connectivity index (χ0) is 16.3. The van der Waals surface area contributed by atoms with E-state index in [1.54, 1.807) is 13.8 Å². The molecule has 1 aromatic carbocycles. The van der Waals surface area contributed by atoms with Gasteiger partial charge in [0.05, 0.1) is 5.69 Å². The van der Waals surface area contributed by atoms with Gasteiger partial charge < -0.3 is 5.32 Å². The maximum atomic E-state index is 12.8. The van der Waals surface area contributed by atoms with Crippen molar-refractivity contribution in [1.82, 2.24) is 9.78 Å². The number of aromatic nitrogens is 2. The quantitative estimate of drug-likeness (QED) is 0.930. The Morgan fingerprint density at radius 3 is 2.59 bits per heavy atom. The molecule has 1 heterocycles. The Kier molecular flexibility index (Phi) is 4.32. The fourth-order valence-electron chi connectivity index (χ4n) is 1.88. The van der Waals surface area contributed by atoms with Gasteiger partial charge in [-0.1, -0.05) is 0 Å². The van der Waals surface area contributed by atoms with Crippen LogP contribution in [-0.4, -0.2) is 15.7 Å². The number of aryl methyl sites for hydroxylation is 1. The van der Waals surface area contributed by atoms with Crippen LogP contribution >= 0.6 is 0 Å². The number of nitriles is 1. The molecule has 0 aliphatic heterocycles. The lowest BCUT2D eigenvalue weighted by atomic mass is 10.1. The van der Waals surface area contributed by atoms with E-state index in [9.17, 15) is 14.0 Å². The second-order valence-corrected chi connectivity index (χ2v) is 4.72. The molecule has 22 heavy (non-hydrogen) atoms. The molecule has 0 atom stereocenters. The number of nitrogens with zero attached hydrogens (tertiary/aromatic N) is 3. The lowest BCUT2D eigenvalue weighted by molar-refractivity contribution is -0.117. The van der Waals surface area contributed by atoms with E-state index in [4.69, 9.17) is 5.26 Å². The van der Waals surface area contributed by atoms with Crippen molar-refractivity contribution in [3.8, 4) is 6.07 Å². The molecule has 2 aromatic rings. The third-order valence-corrected chi connectivity index (χ3v) is 3.17. The van der Waals surface area contributed by atoms with Crippen LogP contribution in [0.15, 0.2) is 29.1 Å². The SMILES string of the molecule is Cc1nn(CC(=O)Nc2ccc(F)cc2)c(=O)c(C#N)c1C. The van der Waals surface area contributed by atoms with E-state index in [0.29, 0.717) is 16.9 Å². The highest BCUT2D eigenvalue weighted by molar-refractivity contribution is 5.90. The molecule has 0 aliphatic carbocycles. The first kappa shape index (κ1) is 15.4. The average Bonchev–Trinajstić information content (AvgIpc) is 2.48. The Morgan fingerprint density at radius 2 is 2.00 bits per heavy atom. The minimum Gasteiger partial charge on any atom is -0.324 e. The van der Waals surface area contributed by atoms with Gasteiger partial charge in [-0.15, -0.1) is 0 Å². The summed E-state index contributed by atoms with van der Waals surface area (Å²) in [7, 11) is 0. The van der Waals surface area contributed by atoms with Crippen LogP contribution in [0.3, 0.4) is 0 Å². The molecule has 1 aromatic heterocycles. The van der Waals surface area contributed by atoms with Crippen LogP contribution in [-0.2, 0) is 11.3 Å². The summed E-state index contributed by atoms with van der Waals surface area (Å²) in [5.74, 6) is -0.906. The van der Waals surface area contributed by atoms with Crippen molar-refractivity contribution in [2.75, 3.05) is 5.32 Å². The second-order valence-electron chi connectivity index (χ2n) is 4.72. The molecule has 0 bridgehead atoms. The van der Waals surface area contributed by atoms with Crippen molar-refractivity contribution in [3.63, 3.8) is 0 Å². The number of amides is 1. The van der Waals surface area contributed by atoms with Gasteiger partial charge in [-0.25, -0.2) is 9.07 Å². The summed E-state index contributed by atoms with van der Waals surface area (Å²) in [5, 5.41) is 15.6. The Labute approximate surface area is 125 Å². The maximum absolute atomic E-state index is 12.8. The fourth-order valence-corrected chi connectivity index (χ4v) is 1.88. The van der Waals surface area contributed by atoms with Crippen LogP contribution in [0.2, 0.25) is 0 Å². The van der Waals surface area contributed by atoms with Crippen molar-refractivity contribution >= 4 is 11.6 Å². The van der Waals surface area contributed by atoms with E-state index in [1.807, 2.05) is 6.07 Å². The smallest absolute Gasteiger partial charge is 0.285 e. The van der Waals surface area contributed by atoms with Crippen LogP contribution in [0.5, 0.6) is 0 Å². The van der Waals surface area contributed by atoms with Crippen molar-refractivity contribution in [2.45, 2.75) is 20.4 Å². The molecule has 0 unspecified atom stereocenters. The summed E-state index contributed by atoms with van der Waals surface area (Å²) in [4.78, 5) is 24.0. The summed E-state index contributed by atoms with van der Waals surface area (Å²) in [5.41, 5.74) is 0.777. The Morgan fingerprint density at radius 1 is 1.36 bits per heavy atom. The van der Waals surface area contributed by atoms with E-state index >= 15 is 0 Å². The minimum absolute atomic E-state index is 0.0258. The van der Waals surface area contributed by atoms with Gasteiger partial charge in [0.2, 0.25) is 5.91 Å². The normalized spacial score (nSPS) is 10.1. The molecule has 112 valence electrons. The van der Waals surface area contributed by atoms with E-state index in [-0.39, 0.29) is 12.1 Å². The highest BCUT2D eigenvalue weighted by Gasteiger charge is 2.13. The molecule has 0 radical (unpaired) electrons. The third-order valence-electron chi connectivity index (χ3n) is 3.17. The highest BCUT2D eigenvalue weighted by atomic mass is 19.1. The number of carbonyl (C=O) groups excluding carboxylic acids is 1. The van der Waals surface area contributed by atoms with Crippen molar-refractivity contribution in [3.05, 3.63) is 57.3 Å². The van der Waals surface area contributed by atoms with Gasteiger partial charge in [0.15, 0.2) is 0 Å². The molecule has 6 nitrogen and oxygen atoms in total. The number of benzene rings is 1. The van der Waals surface area contributed by atoms with Gasteiger partial charge in [-0.2, -0.15) is 10.4 Å². The molecule has 0 spiro atoms. The van der Waals surface area contributed by atoms with E-state index in [1.165, 1.54) is 24.3 Å². The van der Waals surface area contributed by atoms with Crippen LogP contribution in [0, 0.1) is 31.0 Å². The number of hydrogen-bond acceptors (Lipinski definition) is 4. The lowest BCUT2D eigenvalue weighted by Crippen LogP contribution is -2.32. The van der Waals surface area contributed by atoms with E-state index in [2.05, 4.69) is 10.4 Å². The molecular formula is C15H13FN4O2. The van der Waals surface area contributed by atoms with Crippen LogP contribution in [0.25, 0.3) is 0 Å². The zero-order valence-electron chi connectivity index (χ0n) is 12.1. The molecule has 0 aliphatic rings. The zero-order valence-corrected chi connectivity index (χ0v) is 12.1. The lowest BCUT2D eigenvalue weighted by Gasteiger charge is -2.09. The second kappa shape index (κ2) is 6.18. The largest absolute Gasteiger partial charge is 0.324 e. The van der Waals surface area contributed by atoms with Crippen molar-refractivity contribution in [1.29, 1.82) is 5.26 Å². The third kappa shape index (κ3) is 3.17. The van der Waals surface area contributed by atoms with Gasteiger partial charge in [0, 0.05) is 5.69 Å². The molecule has 7 heteroatoms. The van der Waals surface area contributed by atoms with Crippen LogP contribution in [0.4, 0.5) is 10.1 Å². The van der Waals surface area contributed by atoms with Gasteiger partial charge in [0.1, 0.15) is 24.0 Å². The van der Waals surface area contributed by atoms with Crippen molar-refractivity contribution in [2.24, 2.45) is 0 Å². The number of anilines is 1. The summed E-state index contributed by atoms with van der Waals surface area (Å²) >= 11 is 0. The van der Waals surface area contributed by atoms with Gasteiger partial charge in [0.25, 0.3) is 5.56 Å². The number of carbonyl (C=O) groups is 1. The van der Waals surface area contributed by atoms with Crippen LogP contribution in [0.1, 0.15) is 16.8 Å². The summed E-state index contributed by atoms with van der Waals surface area (Å²) in [6.07, 6.45) is 0.